The number of aromatic amines is 1. The maximum Gasteiger partial charge on any atom is 0.173 e. The Morgan fingerprint density at radius 3 is 2.92 bits per heavy atom. The van der Waals surface area contributed by atoms with Gasteiger partial charge in [-0.1, -0.05) is 0 Å². The Morgan fingerprint density at radius 1 is 1.35 bits per heavy atom. The molecule has 0 fully saturated rings. The fraction of sp³-hybridized carbons (Fsp3) is 0.278. The maximum atomic E-state index is 8.02. The van der Waals surface area contributed by atoms with Gasteiger partial charge < -0.3 is 19.0 Å². The van der Waals surface area contributed by atoms with Crippen LogP contribution in [0.25, 0.3) is 11.2 Å². The second kappa shape index (κ2) is 7.97. The average Bonchev–Trinajstić information content (AvgIpc) is 3.09. The van der Waals surface area contributed by atoms with Crippen LogP contribution in [0.5, 0.6) is 11.5 Å². The summed E-state index contributed by atoms with van der Waals surface area (Å²) in [4.78, 5) is 12.8. The lowest BCUT2D eigenvalue weighted by Gasteiger charge is -2.08. The van der Waals surface area contributed by atoms with Crippen LogP contribution in [-0.2, 0) is 6.54 Å². The first-order valence-electron chi connectivity index (χ1n) is 7.99. The molecule has 2 N–H and O–H groups in total. The highest BCUT2D eigenvalue weighted by Crippen LogP contribution is 2.36. The van der Waals surface area contributed by atoms with Crippen LogP contribution in [0.1, 0.15) is 12.8 Å². The van der Waals surface area contributed by atoms with Gasteiger partial charge in [-0.25, -0.2) is 9.97 Å². The van der Waals surface area contributed by atoms with E-state index in [1.807, 2.05) is 22.8 Å². The van der Waals surface area contributed by atoms with Gasteiger partial charge in [0.2, 0.25) is 0 Å². The fourth-order valence-corrected chi connectivity index (χ4v) is 3.36. The number of aryl methyl sites for hydroxylation is 1. The van der Waals surface area contributed by atoms with Crippen LogP contribution in [0.3, 0.4) is 0 Å². The van der Waals surface area contributed by atoms with Gasteiger partial charge in [-0.3, -0.25) is 5.41 Å². The molecule has 7 nitrogen and oxygen atoms in total. The zero-order chi connectivity index (χ0) is 18.5. The molecule has 2 aromatic heterocycles. The van der Waals surface area contributed by atoms with Crippen LogP contribution in [0, 0.1) is 17.8 Å². The lowest BCUT2D eigenvalue weighted by Crippen LogP contribution is -2.12. The van der Waals surface area contributed by atoms with E-state index in [-0.39, 0.29) is 5.49 Å². The molecule has 3 rings (SSSR count). The molecule has 0 aliphatic rings. The van der Waals surface area contributed by atoms with E-state index in [2.05, 4.69) is 20.9 Å². The minimum atomic E-state index is 0.161. The number of methoxy groups -OCH3 is 2. The van der Waals surface area contributed by atoms with E-state index >= 15 is 0 Å². The highest BCUT2D eigenvalue weighted by Gasteiger charge is 2.13. The first-order valence-corrected chi connectivity index (χ1v) is 8.81. The van der Waals surface area contributed by atoms with Gasteiger partial charge in [0.05, 0.1) is 25.4 Å². The third kappa shape index (κ3) is 3.68. The number of fused-ring (bicyclic) bond motifs is 1. The van der Waals surface area contributed by atoms with Crippen LogP contribution < -0.4 is 15.0 Å². The predicted octanol–water partition coefficient (Wildman–Crippen LogP) is 2.82. The Morgan fingerprint density at radius 2 is 2.19 bits per heavy atom. The van der Waals surface area contributed by atoms with Crippen LogP contribution in [0.15, 0.2) is 34.6 Å². The number of ether oxygens (including phenoxy) is 2. The molecule has 0 radical (unpaired) electrons. The van der Waals surface area contributed by atoms with E-state index in [0.29, 0.717) is 35.0 Å². The molecule has 0 spiro atoms. The van der Waals surface area contributed by atoms with E-state index in [1.165, 1.54) is 11.8 Å². The molecular weight excluding hydrogens is 350 g/mol. The molecule has 0 aliphatic heterocycles. The number of imidazole rings is 1. The van der Waals surface area contributed by atoms with Gasteiger partial charge in [0.25, 0.3) is 0 Å². The Labute approximate surface area is 155 Å². The molecule has 0 unspecified atom stereocenters. The smallest absolute Gasteiger partial charge is 0.173 e. The van der Waals surface area contributed by atoms with Gasteiger partial charge in [-0.15, -0.1) is 12.3 Å². The third-order valence-corrected chi connectivity index (χ3v) is 4.74. The second-order valence-electron chi connectivity index (χ2n) is 5.45. The third-order valence-electron chi connectivity index (χ3n) is 3.80. The Balaban J connectivity index is 1.94. The van der Waals surface area contributed by atoms with Gasteiger partial charge in [-0.2, -0.15) is 0 Å². The highest BCUT2D eigenvalue weighted by atomic mass is 32.2. The van der Waals surface area contributed by atoms with Crippen molar-refractivity contribution < 1.29 is 9.47 Å². The van der Waals surface area contributed by atoms with Crippen molar-refractivity contribution in [3.8, 4) is 23.8 Å². The van der Waals surface area contributed by atoms with E-state index in [1.54, 1.807) is 20.5 Å². The quantitative estimate of drug-likeness (QED) is 0.494. The summed E-state index contributed by atoms with van der Waals surface area (Å²) in [5, 5.41) is 8.68. The van der Waals surface area contributed by atoms with Crippen molar-refractivity contribution >= 4 is 22.9 Å². The number of H-pyrrole nitrogens is 1. The lowest BCUT2D eigenvalue weighted by atomic mass is 10.3. The molecule has 8 heteroatoms. The van der Waals surface area contributed by atoms with Gasteiger partial charge in [-0.05, 0) is 30.3 Å². The van der Waals surface area contributed by atoms with Crippen LogP contribution in [0.2, 0.25) is 0 Å². The van der Waals surface area contributed by atoms with Crippen molar-refractivity contribution in [3.05, 3.63) is 30.0 Å². The number of hydrogen-bond acceptors (Lipinski definition) is 6. The van der Waals surface area contributed by atoms with E-state index < -0.39 is 0 Å². The molecule has 0 amide bonds. The number of benzene rings is 1. The first-order chi connectivity index (χ1) is 12.7. The summed E-state index contributed by atoms with van der Waals surface area (Å²) in [5.74, 6) is 4.05. The zero-order valence-corrected chi connectivity index (χ0v) is 15.4. The molecule has 0 aliphatic carbocycles. The topological polar surface area (TPSA) is 88.8 Å². The number of aromatic nitrogens is 4. The molecule has 0 saturated heterocycles. The summed E-state index contributed by atoms with van der Waals surface area (Å²) in [6.07, 6.45) is 8.46. The predicted molar refractivity (Wildman–Crippen MR) is 99.5 cm³/mol. The number of nitrogens with zero attached hydrogens (tertiary/aromatic N) is 3. The summed E-state index contributed by atoms with van der Waals surface area (Å²) >= 11 is 1.43. The van der Waals surface area contributed by atoms with Gasteiger partial charge in [0.15, 0.2) is 16.3 Å². The van der Waals surface area contributed by atoms with Crippen LogP contribution >= 0.6 is 11.8 Å². The summed E-state index contributed by atoms with van der Waals surface area (Å²) in [5.41, 5.74) is 1.45. The maximum absolute atomic E-state index is 8.02. The van der Waals surface area contributed by atoms with Crippen molar-refractivity contribution in [1.82, 2.24) is 19.5 Å². The van der Waals surface area contributed by atoms with Gasteiger partial charge >= 0.3 is 0 Å². The van der Waals surface area contributed by atoms with E-state index in [0.717, 1.165) is 17.1 Å². The van der Waals surface area contributed by atoms with Crippen molar-refractivity contribution in [3.63, 3.8) is 0 Å². The first kappa shape index (κ1) is 17.9. The molecule has 0 saturated carbocycles. The molecule has 3 aromatic rings. The molecule has 0 atom stereocenters. The van der Waals surface area contributed by atoms with E-state index in [4.69, 9.17) is 21.3 Å². The number of unbranched alkanes of at least 4 members (excludes halogenated alkanes) is 1. The SMILES string of the molecule is C#CCCCn1cnc(=N)c2[nH]c(Sc3ccc(OC)cc3OC)nc21. The number of rotatable bonds is 7. The highest BCUT2D eigenvalue weighted by molar-refractivity contribution is 7.99. The zero-order valence-electron chi connectivity index (χ0n) is 14.6. The van der Waals surface area contributed by atoms with Crippen LogP contribution in [-0.4, -0.2) is 33.7 Å². The monoisotopic (exact) mass is 369 g/mol. The molecular formula is C18H19N5O2S. The summed E-state index contributed by atoms with van der Waals surface area (Å²) in [6, 6.07) is 5.60. The largest absolute Gasteiger partial charge is 0.497 e. The Kier molecular flexibility index (Phi) is 5.49. The van der Waals surface area contributed by atoms with Crippen LogP contribution in [0.4, 0.5) is 0 Å². The summed E-state index contributed by atoms with van der Waals surface area (Å²) in [7, 11) is 3.23. The lowest BCUT2D eigenvalue weighted by molar-refractivity contribution is 0.387. The number of nitrogens with one attached hydrogen (secondary N) is 2. The fourth-order valence-electron chi connectivity index (χ4n) is 2.49. The molecule has 1 aromatic carbocycles. The van der Waals surface area contributed by atoms with Crippen molar-refractivity contribution in [1.29, 1.82) is 5.41 Å². The molecule has 26 heavy (non-hydrogen) atoms. The number of hydrogen-bond donors (Lipinski definition) is 2. The standard InChI is InChI=1S/C18H19N5O2S/c1-4-5-6-9-23-11-20-16(19)15-17(23)22-18(21-15)26-14-8-7-12(24-2)10-13(14)25-3/h1,7-8,10-11,19H,5-6,9H2,2-3H3,(H,21,22). The van der Waals surface area contributed by atoms with Crippen molar-refractivity contribution in [2.75, 3.05) is 14.2 Å². The van der Waals surface area contributed by atoms with Gasteiger partial charge in [0, 0.05) is 19.0 Å². The van der Waals surface area contributed by atoms with Crippen molar-refractivity contribution in [2.24, 2.45) is 0 Å². The second-order valence-corrected chi connectivity index (χ2v) is 6.48. The average molecular weight is 369 g/mol. The molecule has 134 valence electrons. The van der Waals surface area contributed by atoms with Crippen molar-refractivity contribution in [2.45, 2.75) is 29.4 Å². The Hall–Kier alpha value is -2.92. The minimum absolute atomic E-state index is 0.161. The normalized spacial score (nSPS) is 10.7. The van der Waals surface area contributed by atoms with Gasteiger partial charge in [0.1, 0.15) is 17.0 Å². The summed E-state index contributed by atoms with van der Waals surface area (Å²) < 4.78 is 12.6. The summed E-state index contributed by atoms with van der Waals surface area (Å²) in [6.45, 7) is 0.703. The molecule has 2 heterocycles. The molecule has 0 bridgehead atoms. The Bertz CT molecular complexity index is 1020. The van der Waals surface area contributed by atoms with E-state index in [9.17, 15) is 0 Å². The minimum Gasteiger partial charge on any atom is -0.497 e. The number of terminal acetylenes is 1.